The SMILES string of the molecule is O=C(NCc1ccc(Cl)cc1)Oc1cnn(-c2nc(N[C@@H]3CCOC3)c3ncn([C@@H]4O[C@H](CO)[C@@H](O)[C@H]4O)c3n2)c1. The Balaban J connectivity index is 1.26. The Hall–Kier alpha value is -3.86. The predicted octanol–water partition coefficient (Wildman–Crippen LogP) is 0.766. The molecule has 5 heterocycles. The van der Waals surface area contributed by atoms with Crippen molar-refractivity contribution in [3.63, 3.8) is 0 Å². The van der Waals surface area contributed by atoms with Crippen molar-refractivity contribution in [1.29, 1.82) is 0 Å². The molecule has 5 N–H and O–H groups in total. The molecule has 15 nitrogen and oxygen atoms in total. The van der Waals surface area contributed by atoms with Crippen molar-refractivity contribution < 1.29 is 34.3 Å². The van der Waals surface area contributed by atoms with E-state index in [0.29, 0.717) is 29.6 Å². The standard InChI is InChI=1S/C25H27ClN8O7/c26-14-3-1-13(2-4-14)7-27-25(38)40-16-8-29-34(9-16)24-31-21(30-15-5-6-39-11-15)18-22(32-24)33(12-28-18)23-20(37)19(36)17(10-35)41-23/h1-4,8-9,12,15,17,19-20,23,35-37H,5-7,10-11H2,(H,27,38)(H,30,31,32)/t15-,17-,19-,20-,23-/m1/s1. The molecule has 0 radical (unpaired) electrons. The minimum Gasteiger partial charge on any atom is -0.407 e. The van der Waals surface area contributed by atoms with E-state index < -0.39 is 37.2 Å². The monoisotopic (exact) mass is 586 g/mol. The number of aliphatic hydroxyl groups excluding tert-OH is 3. The quantitative estimate of drug-likeness (QED) is 0.195. The molecule has 2 saturated heterocycles. The number of aromatic nitrogens is 6. The molecule has 0 spiro atoms. The smallest absolute Gasteiger partial charge is 0.407 e. The van der Waals surface area contributed by atoms with Gasteiger partial charge in [-0.15, -0.1) is 0 Å². The number of fused-ring (bicyclic) bond motifs is 1. The number of rotatable bonds is 8. The Bertz CT molecular complexity index is 1520. The van der Waals surface area contributed by atoms with Crippen LogP contribution in [-0.4, -0.2) is 94.9 Å². The van der Waals surface area contributed by atoms with Gasteiger partial charge in [0.2, 0.25) is 0 Å². The number of halogens is 1. The lowest BCUT2D eigenvalue weighted by molar-refractivity contribution is -0.0511. The molecule has 2 aliphatic rings. The van der Waals surface area contributed by atoms with Crippen molar-refractivity contribution in [3.05, 3.63) is 53.6 Å². The fraction of sp³-hybridized carbons (Fsp3) is 0.400. The molecular weight excluding hydrogens is 560 g/mol. The number of nitrogens with one attached hydrogen (secondary N) is 2. The van der Waals surface area contributed by atoms with Crippen LogP contribution in [0.3, 0.4) is 0 Å². The van der Waals surface area contributed by atoms with E-state index >= 15 is 0 Å². The third kappa shape index (κ3) is 5.68. The average molecular weight is 587 g/mol. The van der Waals surface area contributed by atoms with E-state index in [4.69, 9.17) is 25.8 Å². The highest BCUT2D eigenvalue weighted by Crippen LogP contribution is 2.33. The summed E-state index contributed by atoms with van der Waals surface area (Å²) in [6.07, 6.45) is -0.370. The second kappa shape index (κ2) is 11.6. The summed E-state index contributed by atoms with van der Waals surface area (Å²) in [5.74, 6) is 0.659. The summed E-state index contributed by atoms with van der Waals surface area (Å²) in [6, 6.07) is 7.03. The Kier molecular flexibility index (Phi) is 7.70. The first-order chi connectivity index (χ1) is 19.9. The molecule has 4 aromatic rings. The molecule has 0 saturated carbocycles. The number of hydrogen-bond acceptors (Lipinski definition) is 12. The average Bonchev–Trinajstić information content (AvgIpc) is 3.77. The number of hydrogen-bond donors (Lipinski definition) is 5. The van der Waals surface area contributed by atoms with Gasteiger partial charge in [0, 0.05) is 18.2 Å². The number of carbonyl (C=O) groups excluding carboxylic acids is 1. The minimum atomic E-state index is -1.33. The summed E-state index contributed by atoms with van der Waals surface area (Å²) < 4.78 is 19.3. The number of amides is 1. The highest BCUT2D eigenvalue weighted by molar-refractivity contribution is 6.30. The molecule has 3 aromatic heterocycles. The fourth-order valence-corrected chi connectivity index (χ4v) is 4.76. The maximum Gasteiger partial charge on any atom is 0.412 e. The predicted molar refractivity (Wildman–Crippen MR) is 143 cm³/mol. The van der Waals surface area contributed by atoms with Crippen molar-refractivity contribution >= 4 is 34.7 Å². The second-order valence-electron chi connectivity index (χ2n) is 9.62. The highest BCUT2D eigenvalue weighted by atomic mass is 35.5. The van der Waals surface area contributed by atoms with Crippen LogP contribution in [0.1, 0.15) is 18.2 Å². The summed E-state index contributed by atoms with van der Waals surface area (Å²) >= 11 is 5.90. The molecule has 0 bridgehead atoms. The topological polar surface area (TPSA) is 191 Å². The molecule has 0 aliphatic carbocycles. The molecule has 1 amide bonds. The normalized spacial score (nSPS) is 24.1. The number of benzene rings is 1. The maximum atomic E-state index is 12.3. The van der Waals surface area contributed by atoms with Gasteiger partial charge in [0.15, 0.2) is 29.0 Å². The number of carbonyl (C=O) groups is 1. The number of anilines is 1. The third-order valence-corrected chi connectivity index (χ3v) is 7.05. The van der Waals surface area contributed by atoms with Crippen LogP contribution >= 0.6 is 11.6 Å². The Morgan fingerprint density at radius 2 is 2.02 bits per heavy atom. The van der Waals surface area contributed by atoms with E-state index in [1.165, 1.54) is 28.0 Å². The van der Waals surface area contributed by atoms with Gasteiger partial charge < -0.3 is 40.2 Å². The first-order valence-corrected chi connectivity index (χ1v) is 13.2. The van der Waals surface area contributed by atoms with E-state index in [2.05, 4.69) is 30.7 Å². The summed E-state index contributed by atoms with van der Waals surface area (Å²) in [6.45, 7) is 0.866. The summed E-state index contributed by atoms with van der Waals surface area (Å²) in [7, 11) is 0. The van der Waals surface area contributed by atoms with Crippen molar-refractivity contribution in [2.75, 3.05) is 25.1 Å². The van der Waals surface area contributed by atoms with Gasteiger partial charge in [0.25, 0.3) is 5.95 Å². The Labute approximate surface area is 237 Å². The van der Waals surface area contributed by atoms with Crippen LogP contribution in [0, 0.1) is 0 Å². The first-order valence-electron chi connectivity index (χ1n) is 12.9. The van der Waals surface area contributed by atoms with Gasteiger partial charge in [-0.3, -0.25) is 4.57 Å². The highest BCUT2D eigenvalue weighted by Gasteiger charge is 2.44. The lowest BCUT2D eigenvalue weighted by Crippen LogP contribution is -2.33. The molecule has 1 aromatic carbocycles. The zero-order chi connectivity index (χ0) is 28.5. The fourth-order valence-electron chi connectivity index (χ4n) is 4.63. The molecule has 6 rings (SSSR count). The van der Waals surface area contributed by atoms with Crippen LogP contribution in [0.5, 0.6) is 5.75 Å². The van der Waals surface area contributed by atoms with Gasteiger partial charge in [-0.25, -0.2) is 14.5 Å². The van der Waals surface area contributed by atoms with Crippen molar-refractivity contribution in [1.82, 2.24) is 34.6 Å². The molecule has 2 fully saturated rings. The van der Waals surface area contributed by atoms with Crippen LogP contribution < -0.4 is 15.4 Å². The molecule has 16 heteroatoms. The Morgan fingerprint density at radius 1 is 1.20 bits per heavy atom. The molecule has 216 valence electrons. The van der Waals surface area contributed by atoms with Crippen LogP contribution in [0.4, 0.5) is 10.6 Å². The maximum absolute atomic E-state index is 12.3. The van der Waals surface area contributed by atoms with Crippen molar-refractivity contribution in [3.8, 4) is 11.7 Å². The zero-order valence-electron chi connectivity index (χ0n) is 21.5. The first kappa shape index (κ1) is 27.3. The van der Waals surface area contributed by atoms with Gasteiger partial charge in [-0.1, -0.05) is 23.7 Å². The van der Waals surface area contributed by atoms with Gasteiger partial charge in [0.05, 0.1) is 38.0 Å². The molecule has 2 aliphatic heterocycles. The van der Waals surface area contributed by atoms with Gasteiger partial charge in [-0.05, 0) is 24.1 Å². The van der Waals surface area contributed by atoms with Crippen LogP contribution in [0.15, 0.2) is 43.0 Å². The van der Waals surface area contributed by atoms with Gasteiger partial charge in [0.1, 0.15) is 18.3 Å². The molecular formula is C25H27ClN8O7. The van der Waals surface area contributed by atoms with Crippen LogP contribution in [-0.2, 0) is 16.0 Å². The molecule has 0 unspecified atom stereocenters. The number of aliphatic hydroxyl groups is 3. The van der Waals surface area contributed by atoms with Crippen LogP contribution in [0.2, 0.25) is 5.02 Å². The largest absolute Gasteiger partial charge is 0.412 e. The van der Waals surface area contributed by atoms with E-state index in [0.717, 1.165) is 12.0 Å². The number of imidazole rings is 1. The second-order valence-corrected chi connectivity index (χ2v) is 10.1. The van der Waals surface area contributed by atoms with Crippen molar-refractivity contribution in [2.24, 2.45) is 0 Å². The Morgan fingerprint density at radius 3 is 2.76 bits per heavy atom. The lowest BCUT2D eigenvalue weighted by Gasteiger charge is -2.17. The van der Waals surface area contributed by atoms with E-state index in [1.807, 2.05) is 0 Å². The third-order valence-electron chi connectivity index (χ3n) is 6.80. The summed E-state index contributed by atoms with van der Waals surface area (Å²) in [5.41, 5.74) is 1.52. The van der Waals surface area contributed by atoms with Gasteiger partial charge in [-0.2, -0.15) is 15.1 Å². The molecule has 41 heavy (non-hydrogen) atoms. The lowest BCUT2D eigenvalue weighted by atomic mass is 10.1. The summed E-state index contributed by atoms with van der Waals surface area (Å²) in [4.78, 5) is 26.0. The minimum absolute atomic E-state index is 0.0131. The van der Waals surface area contributed by atoms with Gasteiger partial charge >= 0.3 is 6.09 Å². The molecule has 5 atom stereocenters. The van der Waals surface area contributed by atoms with E-state index in [-0.39, 0.29) is 29.9 Å². The number of ether oxygens (including phenoxy) is 3. The van der Waals surface area contributed by atoms with Crippen LogP contribution in [0.25, 0.3) is 17.1 Å². The van der Waals surface area contributed by atoms with E-state index in [9.17, 15) is 20.1 Å². The summed E-state index contributed by atoms with van der Waals surface area (Å²) in [5, 5.41) is 41.2. The number of nitrogens with zero attached hydrogens (tertiary/aromatic N) is 6. The van der Waals surface area contributed by atoms with Crippen molar-refractivity contribution in [2.45, 2.75) is 43.5 Å². The van der Waals surface area contributed by atoms with E-state index in [1.54, 1.807) is 24.3 Å². The zero-order valence-corrected chi connectivity index (χ0v) is 22.3.